The van der Waals surface area contributed by atoms with Crippen molar-refractivity contribution >= 4 is 0 Å². The number of aliphatic hydroxyl groups is 12. The van der Waals surface area contributed by atoms with E-state index in [1.54, 1.807) is 6.92 Å². The Kier molecular flexibility index (Phi) is 14.1. The second kappa shape index (κ2) is 16.9. The molecule has 4 aliphatic rings. The molecule has 0 aliphatic carbocycles. The van der Waals surface area contributed by atoms with Crippen LogP contribution in [-0.4, -0.2) is 212 Å². The van der Waals surface area contributed by atoms with E-state index in [9.17, 15) is 61.3 Å². The zero-order valence-corrected chi connectivity index (χ0v) is 25.7. The summed E-state index contributed by atoms with van der Waals surface area (Å²) in [5.74, 6) is -0.841. The highest BCUT2D eigenvalue weighted by molar-refractivity contribution is 4.97. The molecular weight excluding hydrogens is 644 g/mol. The summed E-state index contributed by atoms with van der Waals surface area (Å²) >= 11 is 0. The second-order valence-corrected chi connectivity index (χ2v) is 12.0. The van der Waals surface area contributed by atoms with Crippen LogP contribution in [0.2, 0.25) is 0 Å². The Morgan fingerprint density at radius 3 is 1.47 bits per heavy atom. The summed E-state index contributed by atoms with van der Waals surface area (Å²) in [4.78, 5) is 0. The highest BCUT2D eigenvalue weighted by Crippen LogP contribution is 2.35. The Morgan fingerprint density at radius 1 is 0.468 bits per heavy atom. The molecule has 0 aromatic heterocycles. The molecule has 4 saturated heterocycles. The maximum absolute atomic E-state index is 11.3. The fourth-order valence-corrected chi connectivity index (χ4v) is 6.19. The predicted molar refractivity (Wildman–Crippen MR) is 146 cm³/mol. The van der Waals surface area contributed by atoms with Crippen molar-refractivity contribution in [3.05, 3.63) is 0 Å². The van der Waals surface area contributed by atoms with Crippen molar-refractivity contribution in [1.29, 1.82) is 0 Å². The lowest BCUT2D eigenvalue weighted by molar-refractivity contribution is -0.383. The van der Waals surface area contributed by atoms with Crippen LogP contribution in [0.4, 0.5) is 0 Å². The zero-order chi connectivity index (χ0) is 34.7. The summed E-state index contributed by atoms with van der Waals surface area (Å²) in [6.07, 6.45) is -30.2. The van der Waals surface area contributed by atoms with Crippen LogP contribution in [0, 0.1) is 5.92 Å². The molecule has 0 saturated carbocycles. The van der Waals surface area contributed by atoms with Crippen LogP contribution in [0.1, 0.15) is 13.3 Å². The first-order valence-electron chi connectivity index (χ1n) is 15.4. The van der Waals surface area contributed by atoms with Crippen molar-refractivity contribution < 1.29 is 99.2 Å². The molecule has 0 aromatic carbocycles. The number of rotatable bonds is 12. The van der Waals surface area contributed by atoms with Crippen molar-refractivity contribution in [3.8, 4) is 0 Å². The summed E-state index contributed by atoms with van der Waals surface area (Å²) in [6, 6.07) is 0. The second-order valence-electron chi connectivity index (χ2n) is 12.0. The molecule has 20 unspecified atom stereocenters. The van der Waals surface area contributed by atoms with Crippen LogP contribution in [0.15, 0.2) is 0 Å². The molecule has 47 heavy (non-hydrogen) atoms. The molecule has 0 aromatic rings. The quantitative estimate of drug-likeness (QED) is 0.0903. The van der Waals surface area contributed by atoms with E-state index in [0.29, 0.717) is 0 Å². The first-order valence-corrected chi connectivity index (χ1v) is 15.4. The molecule has 4 aliphatic heterocycles. The number of ether oxygens (including phenoxy) is 8. The topological polar surface area (TPSA) is 317 Å². The number of hydrogen-bond acceptors (Lipinski definition) is 20. The monoisotopic (exact) mass is 692 g/mol. The van der Waals surface area contributed by atoms with Gasteiger partial charge in [-0.15, -0.1) is 0 Å². The standard InChI is InChI=1S/C27H48O20/c1-3-8-13(31)9(4-28)44-26(14(8)32)46-23-17(35)12(7-41-25-19(37)18(36)15(33)10(5-29)43-25)45-27(21(23)39)47-22-16(34)11(6-30)42-24(40-2)20(22)38/h8-39H,3-7H2,1-2H3. The Bertz CT molecular complexity index is 932. The van der Waals surface area contributed by atoms with Crippen LogP contribution < -0.4 is 0 Å². The fraction of sp³-hybridized carbons (Fsp3) is 1.00. The van der Waals surface area contributed by atoms with E-state index in [1.807, 2.05) is 0 Å². The van der Waals surface area contributed by atoms with E-state index in [2.05, 4.69) is 0 Å². The third-order valence-corrected chi connectivity index (χ3v) is 9.05. The third-order valence-electron chi connectivity index (χ3n) is 9.05. The van der Waals surface area contributed by atoms with Crippen molar-refractivity contribution in [2.24, 2.45) is 5.92 Å². The van der Waals surface area contributed by atoms with Gasteiger partial charge < -0.3 is 99.2 Å². The molecule has 0 spiro atoms. The van der Waals surface area contributed by atoms with Gasteiger partial charge in [-0.25, -0.2) is 0 Å². The van der Waals surface area contributed by atoms with E-state index in [0.717, 1.165) is 0 Å². The Labute approximate surface area is 269 Å². The molecule has 0 amide bonds. The van der Waals surface area contributed by atoms with E-state index in [-0.39, 0.29) is 6.42 Å². The van der Waals surface area contributed by atoms with Crippen molar-refractivity contribution in [2.75, 3.05) is 33.5 Å². The molecule has 0 bridgehead atoms. The van der Waals surface area contributed by atoms with Gasteiger partial charge in [0.05, 0.1) is 32.5 Å². The van der Waals surface area contributed by atoms with Gasteiger partial charge >= 0.3 is 0 Å². The van der Waals surface area contributed by atoms with Gasteiger partial charge in [0.15, 0.2) is 25.2 Å². The normalized spacial score (nSPS) is 51.2. The van der Waals surface area contributed by atoms with Gasteiger partial charge in [-0.2, -0.15) is 0 Å². The maximum atomic E-state index is 11.3. The first kappa shape index (κ1) is 39.0. The predicted octanol–water partition coefficient (Wildman–Crippen LogP) is -7.43. The van der Waals surface area contributed by atoms with Crippen LogP contribution in [-0.2, 0) is 37.9 Å². The van der Waals surface area contributed by atoms with Gasteiger partial charge in [-0.3, -0.25) is 0 Å². The third kappa shape index (κ3) is 8.08. The number of methoxy groups -OCH3 is 1. The van der Waals surface area contributed by atoms with Crippen molar-refractivity contribution in [3.63, 3.8) is 0 Å². The lowest BCUT2D eigenvalue weighted by Gasteiger charge is -2.49. The lowest BCUT2D eigenvalue weighted by atomic mass is 9.87. The van der Waals surface area contributed by atoms with Gasteiger partial charge in [-0.1, -0.05) is 6.92 Å². The first-order chi connectivity index (χ1) is 22.3. The molecule has 20 heteroatoms. The molecule has 4 heterocycles. The fourth-order valence-electron chi connectivity index (χ4n) is 6.19. The maximum Gasteiger partial charge on any atom is 0.187 e. The van der Waals surface area contributed by atoms with Gasteiger partial charge in [0.1, 0.15) is 85.5 Å². The van der Waals surface area contributed by atoms with Gasteiger partial charge in [0.25, 0.3) is 0 Å². The van der Waals surface area contributed by atoms with E-state index in [1.165, 1.54) is 7.11 Å². The summed E-state index contributed by atoms with van der Waals surface area (Å²) in [7, 11) is 1.19. The van der Waals surface area contributed by atoms with Crippen LogP contribution in [0.25, 0.3) is 0 Å². The minimum atomic E-state index is -1.94. The van der Waals surface area contributed by atoms with Crippen LogP contribution in [0.3, 0.4) is 0 Å². The summed E-state index contributed by atoms with van der Waals surface area (Å²) < 4.78 is 44.1. The van der Waals surface area contributed by atoms with Crippen molar-refractivity contribution in [1.82, 2.24) is 0 Å². The highest BCUT2D eigenvalue weighted by Gasteiger charge is 2.54. The Hall–Kier alpha value is -0.800. The zero-order valence-electron chi connectivity index (χ0n) is 25.7. The largest absolute Gasteiger partial charge is 0.394 e. The van der Waals surface area contributed by atoms with Crippen LogP contribution >= 0.6 is 0 Å². The minimum Gasteiger partial charge on any atom is -0.394 e. The van der Waals surface area contributed by atoms with E-state index < -0.39 is 149 Å². The highest BCUT2D eigenvalue weighted by atomic mass is 16.8. The lowest BCUT2D eigenvalue weighted by Crippen LogP contribution is -2.66. The molecule has 20 atom stereocenters. The Balaban J connectivity index is 1.58. The average Bonchev–Trinajstić information content (AvgIpc) is 3.06. The average molecular weight is 693 g/mol. The SMILES string of the molecule is CCC1C(O)C(CO)OC(OC2C(O)C(COC3OC(CO)C(O)C(O)C3O)OC(OC3C(O)C(CO)OC(OC)C3O)C2O)C1O. The molecule has 20 nitrogen and oxygen atoms in total. The van der Waals surface area contributed by atoms with Gasteiger partial charge in [-0.05, 0) is 6.42 Å². The van der Waals surface area contributed by atoms with E-state index >= 15 is 0 Å². The van der Waals surface area contributed by atoms with Gasteiger partial charge in [0.2, 0.25) is 0 Å². The summed E-state index contributed by atoms with van der Waals surface area (Å²) in [5.41, 5.74) is 0. The molecule has 4 rings (SSSR count). The molecule has 0 radical (unpaired) electrons. The van der Waals surface area contributed by atoms with Gasteiger partial charge in [0, 0.05) is 13.0 Å². The molecular formula is C27H48O20. The molecule has 12 N–H and O–H groups in total. The number of hydrogen-bond donors (Lipinski definition) is 12. The summed E-state index contributed by atoms with van der Waals surface area (Å²) in [6.45, 7) is -1.13. The minimum absolute atomic E-state index is 0.231. The van der Waals surface area contributed by atoms with Crippen molar-refractivity contribution in [2.45, 2.75) is 130 Å². The number of aliphatic hydroxyl groups excluding tert-OH is 12. The van der Waals surface area contributed by atoms with Crippen LogP contribution in [0.5, 0.6) is 0 Å². The van der Waals surface area contributed by atoms with E-state index in [4.69, 9.17) is 37.9 Å². The molecule has 4 fully saturated rings. The summed E-state index contributed by atoms with van der Waals surface area (Å²) in [5, 5.41) is 125. The smallest absolute Gasteiger partial charge is 0.187 e. The molecule has 276 valence electrons. The Morgan fingerprint density at radius 2 is 0.915 bits per heavy atom.